The van der Waals surface area contributed by atoms with Gasteiger partial charge < -0.3 is 14.6 Å². The predicted molar refractivity (Wildman–Crippen MR) is 93.5 cm³/mol. The number of phenolic OH excluding ortho intramolecular Hbond substituents is 1. The van der Waals surface area contributed by atoms with Crippen LogP contribution in [0.4, 0.5) is 0 Å². The lowest BCUT2D eigenvalue weighted by Gasteiger charge is -2.01. The van der Waals surface area contributed by atoms with Crippen molar-refractivity contribution < 1.29 is 14.6 Å². The molecule has 1 N–H and O–H groups in total. The minimum absolute atomic E-state index is 0.350. The predicted octanol–water partition coefficient (Wildman–Crippen LogP) is 4.52. The van der Waals surface area contributed by atoms with Crippen molar-refractivity contribution in [2.24, 2.45) is 0 Å². The van der Waals surface area contributed by atoms with E-state index in [-0.39, 0.29) is 0 Å². The molecule has 0 aliphatic carbocycles. The Hall–Kier alpha value is -2.36. The molecule has 0 aliphatic rings. The standard InChI is InChI=1S/C10H14O2.C10H8O/c1-11-7-9-3-5-10(6-4-9)8-12-2;11-10-7-3-5-8-4-1-2-6-9(8)10/h3-6H,7-8H2,1-2H3;1-7,11H. The first-order valence-electron chi connectivity index (χ1n) is 7.47. The van der Waals surface area contributed by atoms with Gasteiger partial charge in [0, 0.05) is 19.6 Å². The lowest BCUT2D eigenvalue weighted by Crippen LogP contribution is -1.90. The second kappa shape index (κ2) is 8.93. The maximum atomic E-state index is 9.37. The molecule has 0 saturated carbocycles. The van der Waals surface area contributed by atoms with Crippen LogP contribution in [0.1, 0.15) is 11.1 Å². The molecule has 0 aromatic heterocycles. The van der Waals surface area contributed by atoms with Crippen LogP contribution in [0, 0.1) is 0 Å². The van der Waals surface area contributed by atoms with Crippen LogP contribution in [-0.4, -0.2) is 19.3 Å². The molecule has 23 heavy (non-hydrogen) atoms. The summed E-state index contributed by atoms with van der Waals surface area (Å²) in [7, 11) is 3.39. The molecule has 0 aliphatic heterocycles. The largest absolute Gasteiger partial charge is 0.507 e. The molecule has 0 bridgehead atoms. The molecule has 3 aromatic carbocycles. The quantitative estimate of drug-likeness (QED) is 0.769. The summed E-state index contributed by atoms with van der Waals surface area (Å²) in [5, 5.41) is 11.4. The monoisotopic (exact) mass is 310 g/mol. The molecular weight excluding hydrogens is 288 g/mol. The molecule has 0 atom stereocenters. The Kier molecular flexibility index (Phi) is 6.60. The summed E-state index contributed by atoms with van der Waals surface area (Å²) in [6, 6.07) is 21.5. The molecule has 0 unspecified atom stereocenters. The zero-order valence-electron chi connectivity index (χ0n) is 13.5. The van der Waals surface area contributed by atoms with Gasteiger partial charge in [0.2, 0.25) is 0 Å². The van der Waals surface area contributed by atoms with E-state index in [0.717, 1.165) is 10.8 Å². The molecule has 120 valence electrons. The van der Waals surface area contributed by atoms with Gasteiger partial charge in [0.15, 0.2) is 0 Å². The van der Waals surface area contributed by atoms with Crippen molar-refractivity contribution in [3.05, 3.63) is 77.9 Å². The first kappa shape index (κ1) is 17.0. The van der Waals surface area contributed by atoms with Crippen molar-refractivity contribution in [1.82, 2.24) is 0 Å². The highest BCUT2D eigenvalue weighted by Gasteiger charge is 1.94. The van der Waals surface area contributed by atoms with Gasteiger partial charge in [0.1, 0.15) is 5.75 Å². The maximum absolute atomic E-state index is 9.37. The van der Waals surface area contributed by atoms with Gasteiger partial charge in [-0.1, -0.05) is 60.7 Å². The number of benzene rings is 3. The molecule has 0 amide bonds. The highest BCUT2D eigenvalue weighted by molar-refractivity contribution is 5.87. The average Bonchev–Trinajstić information content (AvgIpc) is 2.58. The zero-order chi connectivity index (χ0) is 16.5. The number of ether oxygens (including phenoxy) is 2. The Bertz CT molecular complexity index is 690. The molecule has 0 radical (unpaired) electrons. The minimum Gasteiger partial charge on any atom is -0.507 e. The molecule has 3 heteroatoms. The minimum atomic E-state index is 0.350. The number of fused-ring (bicyclic) bond motifs is 1. The Morgan fingerprint density at radius 3 is 1.74 bits per heavy atom. The summed E-state index contributed by atoms with van der Waals surface area (Å²) >= 11 is 0. The van der Waals surface area contributed by atoms with Gasteiger partial charge >= 0.3 is 0 Å². The van der Waals surface area contributed by atoms with Gasteiger partial charge in [-0.3, -0.25) is 0 Å². The van der Waals surface area contributed by atoms with E-state index in [2.05, 4.69) is 24.3 Å². The second-order valence-electron chi connectivity index (χ2n) is 5.18. The van der Waals surface area contributed by atoms with Gasteiger partial charge in [-0.05, 0) is 22.6 Å². The Morgan fingerprint density at radius 2 is 1.22 bits per heavy atom. The van der Waals surface area contributed by atoms with E-state index in [9.17, 15) is 5.11 Å². The Balaban J connectivity index is 0.000000167. The number of hydrogen-bond acceptors (Lipinski definition) is 3. The number of hydrogen-bond donors (Lipinski definition) is 1. The molecule has 3 nitrogen and oxygen atoms in total. The summed E-state index contributed by atoms with van der Waals surface area (Å²) < 4.78 is 9.99. The number of methoxy groups -OCH3 is 2. The van der Waals surface area contributed by atoms with Crippen molar-refractivity contribution in [3.63, 3.8) is 0 Å². The zero-order valence-corrected chi connectivity index (χ0v) is 13.5. The van der Waals surface area contributed by atoms with Gasteiger partial charge in [0.05, 0.1) is 13.2 Å². The van der Waals surface area contributed by atoms with Crippen molar-refractivity contribution in [2.75, 3.05) is 14.2 Å². The first-order chi connectivity index (χ1) is 11.2. The SMILES string of the molecule is COCc1ccc(COC)cc1.Oc1cccc2ccccc12. The van der Waals surface area contributed by atoms with Crippen LogP contribution in [0.5, 0.6) is 5.75 Å². The smallest absolute Gasteiger partial charge is 0.123 e. The molecule has 3 aromatic rings. The van der Waals surface area contributed by atoms with E-state index >= 15 is 0 Å². The van der Waals surface area contributed by atoms with Crippen molar-refractivity contribution in [1.29, 1.82) is 0 Å². The van der Waals surface area contributed by atoms with Crippen molar-refractivity contribution >= 4 is 10.8 Å². The van der Waals surface area contributed by atoms with Gasteiger partial charge in [-0.2, -0.15) is 0 Å². The van der Waals surface area contributed by atoms with E-state index < -0.39 is 0 Å². The summed E-state index contributed by atoms with van der Waals surface area (Å²) in [5.41, 5.74) is 2.38. The second-order valence-corrected chi connectivity index (χ2v) is 5.18. The molecule has 0 spiro atoms. The fraction of sp³-hybridized carbons (Fsp3) is 0.200. The number of phenols is 1. The van der Waals surface area contributed by atoms with Gasteiger partial charge in [0.25, 0.3) is 0 Å². The molecule has 3 rings (SSSR count). The maximum Gasteiger partial charge on any atom is 0.123 e. The third kappa shape index (κ3) is 5.09. The summed E-state index contributed by atoms with van der Waals surface area (Å²) in [5.74, 6) is 0.350. The molecular formula is C20H22O3. The molecule has 0 saturated heterocycles. The molecule has 0 fully saturated rings. The summed E-state index contributed by atoms with van der Waals surface area (Å²) in [4.78, 5) is 0. The summed E-state index contributed by atoms with van der Waals surface area (Å²) in [6.07, 6.45) is 0. The van der Waals surface area contributed by atoms with Crippen LogP contribution < -0.4 is 0 Å². The van der Waals surface area contributed by atoms with Crippen LogP contribution in [0.3, 0.4) is 0 Å². The van der Waals surface area contributed by atoms with E-state index in [1.807, 2.05) is 36.4 Å². The van der Waals surface area contributed by atoms with E-state index in [1.165, 1.54) is 11.1 Å². The number of rotatable bonds is 4. The fourth-order valence-electron chi connectivity index (χ4n) is 2.27. The van der Waals surface area contributed by atoms with E-state index in [0.29, 0.717) is 19.0 Å². The third-order valence-electron chi connectivity index (χ3n) is 3.41. The van der Waals surface area contributed by atoms with Crippen LogP contribution >= 0.6 is 0 Å². The fourth-order valence-corrected chi connectivity index (χ4v) is 2.27. The van der Waals surface area contributed by atoms with Gasteiger partial charge in [-0.15, -0.1) is 0 Å². The van der Waals surface area contributed by atoms with Crippen LogP contribution in [0.15, 0.2) is 66.7 Å². The normalized spacial score (nSPS) is 10.2. The lowest BCUT2D eigenvalue weighted by atomic mass is 10.1. The highest BCUT2D eigenvalue weighted by Crippen LogP contribution is 2.22. The van der Waals surface area contributed by atoms with Crippen LogP contribution in [-0.2, 0) is 22.7 Å². The Labute approximate surface area is 137 Å². The number of aromatic hydroxyl groups is 1. The van der Waals surface area contributed by atoms with Crippen molar-refractivity contribution in [3.8, 4) is 5.75 Å². The van der Waals surface area contributed by atoms with Gasteiger partial charge in [-0.25, -0.2) is 0 Å². The average molecular weight is 310 g/mol. The highest BCUT2D eigenvalue weighted by atomic mass is 16.5. The van der Waals surface area contributed by atoms with Crippen molar-refractivity contribution in [2.45, 2.75) is 13.2 Å². The topological polar surface area (TPSA) is 38.7 Å². The van der Waals surface area contributed by atoms with Crippen LogP contribution in [0.25, 0.3) is 10.8 Å². The van der Waals surface area contributed by atoms with Crippen LogP contribution in [0.2, 0.25) is 0 Å². The summed E-state index contributed by atoms with van der Waals surface area (Å²) in [6.45, 7) is 1.35. The Morgan fingerprint density at radius 1 is 0.696 bits per heavy atom. The lowest BCUT2D eigenvalue weighted by molar-refractivity contribution is 0.182. The van der Waals surface area contributed by atoms with E-state index in [4.69, 9.17) is 9.47 Å². The molecule has 0 heterocycles. The van der Waals surface area contributed by atoms with E-state index in [1.54, 1.807) is 20.3 Å². The third-order valence-corrected chi connectivity index (χ3v) is 3.41. The first-order valence-corrected chi connectivity index (χ1v) is 7.47.